The maximum atomic E-state index is 15.0. The molecular formula is C53H78ClN13O12S2. The summed E-state index contributed by atoms with van der Waals surface area (Å²) < 4.78 is 0. The van der Waals surface area contributed by atoms with Crippen molar-refractivity contribution in [3.8, 4) is 5.75 Å². The van der Waals surface area contributed by atoms with Gasteiger partial charge in [-0.2, -0.15) is 0 Å². The topological polar surface area (TPSA) is 361 Å². The molecule has 1 unspecified atom stereocenters. The number of imidazole rings is 1. The van der Waals surface area contributed by atoms with Gasteiger partial charge in [-0.15, -0.1) is 0 Å². The standard InChI is InChI=1S/C53H78ClN13O12S2/c1-30(2)17-37-47(73)59-31(3)27-80-81-28-42(53(79)67-25-35(68)22-43(67)52(78)64-39(20-33-11-12-44(69)36(54)18-33)49(75)63-41(23-46(71)72)51(77)61-37)65-50(76)40(21-34-24-57-29-58-34)62-48(74)38(19-32-9-7-6-8-10-32)60-45(70)26-66(15-13-55-4)16-14-56-5/h6-12,18,24,29-31,35,37-43,48,55-56,62,68-69,74H,13-17,19-23,25-28H2,1-5H3,(H,57,58)(H,59,73)(H,60,70)(H,61,77)(H,63,75)(H,64,78)(H,65,76)(H,71,72)/t31-,35?,37+,38+,39+,40+,41+,42+,43+,48+/m1/s1. The summed E-state index contributed by atoms with van der Waals surface area (Å²) >= 11 is 6.22. The number of benzene rings is 2. The largest absolute Gasteiger partial charge is 0.506 e. The molecule has 0 spiro atoms. The first-order valence-corrected chi connectivity index (χ1v) is 29.7. The van der Waals surface area contributed by atoms with Crippen LogP contribution in [-0.2, 0) is 57.6 Å². The molecule has 1 aromatic heterocycles. The molecule has 25 nitrogen and oxygen atoms in total. The molecule has 2 aliphatic heterocycles. The lowest BCUT2D eigenvalue weighted by Crippen LogP contribution is -2.61. The van der Waals surface area contributed by atoms with E-state index in [2.05, 4.69) is 57.8 Å². The van der Waals surface area contributed by atoms with Gasteiger partial charge in [0.2, 0.25) is 41.4 Å². The van der Waals surface area contributed by atoms with Gasteiger partial charge in [0, 0.05) is 81.4 Å². The molecule has 2 saturated heterocycles. The molecule has 2 aliphatic rings. The first-order chi connectivity index (χ1) is 38.6. The van der Waals surface area contributed by atoms with Crippen molar-refractivity contribution in [1.82, 2.24) is 67.6 Å². The van der Waals surface area contributed by atoms with Crippen molar-refractivity contribution >= 4 is 80.5 Å². The fourth-order valence-corrected chi connectivity index (χ4v) is 11.8. The molecule has 5 rings (SSSR count). The molecule has 81 heavy (non-hydrogen) atoms. The number of halogens is 1. The van der Waals surface area contributed by atoms with Crippen molar-refractivity contribution in [2.75, 3.05) is 64.9 Å². The Morgan fingerprint density at radius 3 is 2.16 bits per heavy atom. The summed E-state index contributed by atoms with van der Waals surface area (Å²) in [6, 6.07) is 3.03. The van der Waals surface area contributed by atoms with E-state index >= 15 is 4.79 Å². The van der Waals surface area contributed by atoms with Crippen LogP contribution in [0.5, 0.6) is 5.75 Å². The number of likely N-dealkylation sites (N-methyl/N-ethyl adjacent to an activating group) is 2. The zero-order chi connectivity index (χ0) is 59.2. The number of aromatic hydroxyl groups is 1. The molecule has 14 N–H and O–H groups in total. The zero-order valence-electron chi connectivity index (χ0n) is 46.1. The summed E-state index contributed by atoms with van der Waals surface area (Å²) in [5.74, 6) is -7.19. The molecule has 0 radical (unpaired) electrons. The molecular weight excluding hydrogens is 1110 g/mol. The number of rotatable bonds is 24. The Hall–Kier alpha value is -6.04. The molecule has 0 aliphatic carbocycles. The Balaban J connectivity index is 1.49. The molecule has 7 amide bonds. The number of carboxylic acids is 1. The number of H-pyrrole nitrogens is 1. The Labute approximate surface area is 484 Å². The smallest absolute Gasteiger partial charge is 0.305 e. The second-order valence-electron chi connectivity index (χ2n) is 20.6. The number of aromatic amines is 1. The number of nitrogens with one attached hydrogen (secondary N) is 10. The lowest BCUT2D eigenvalue weighted by atomic mass is 10.0. The van der Waals surface area contributed by atoms with Crippen molar-refractivity contribution in [1.29, 1.82) is 0 Å². The number of aromatic nitrogens is 2. The van der Waals surface area contributed by atoms with Crippen LogP contribution in [0.3, 0.4) is 0 Å². The normalized spacial score (nSPS) is 22.9. The molecule has 0 saturated carbocycles. The lowest BCUT2D eigenvalue weighted by Gasteiger charge is -2.32. The Morgan fingerprint density at radius 1 is 0.864 bits per heavy atom. The number of hydrogen-bond acceptors (Lipinski definition) is 18. The van der Waals surface area contributed by atoms with Crippen molar-refractivity contribution < 1.29 is 58.8 Å². The second kappa shape index (κ2) is 33.2. The van der Waals surface area contributed by atoms with Gasteiger partial charge in [0.25, 0.3) is 0 Å². The van der Waals surface area contributed by atoms with E-state index < -0.39 is 108 Å². The van der Waals surface area contributed by atoms with Crippen LogP contribution in [0.4, 0.5) is 0 Å². The number of amides is 7. The number of aliphatic hydroxyl groups excluding tert-OH is 2. The molecule has 446 valence electrons. The van der Waals surface area contributed by atoms with Crippen LogP contribution in [0.1, 0.15) is 56.9 Å². The van der Waals surface area contributed by atoms with Crippen molar-refractivity contribution in [2.24, 2.45) is 5.92 Å². The molecule has 3 heterocycles. The predicted octanol–water partition coefficient (Wildman–Crippen LogP) is -1.38. The first kappa shape index (κ1) is 65.8. The van der Waals surface area contributed by atoms with Crippen LogP contribution in [0.25, 0.3) is 0 Å². The summed E-state index contributed by atoms with van der Waals surface area (Å²) in [6.45, 7) is 7.39. The van der Waals surface area contributed by atoms with Crippen LogP contribution in [0.2, 0.25) is 5.02 Å². The second-order valence-corrected chi connectivity index (χ2v) is 23.6. The number of fused-ring (bicyclic) bond motifs is 1. The quantitative estimate of drug-likeness (QED) is 0.0363. The molecule has 10 atom stereocenters. The minimum Gasteiger partial charge on any atom is -0.506 e. The van der Waals surface area contributed by atoms with Crippen LogP contribution in [-0.4, -0.2) is 213 Å². The summed E-state index contributed by atoms with van der Waals surface area (Å²) in [4.78, 5) is 123. The van der Waals surface area contributed by atoms with E-state index in [0.29, 0.717) is 37.4 Å². The van der Waals surface area contributed by atoms with Crippen molar-refractivity contribution in [3.05, 3.63) is 82.9 Å². The van der Waals surface area contributed by atoms with Gasteiger partial charge in [0.05, 0.1) is 42.5 Å². The van der Waals surface area contributed by atoms with Crippen molar-refractivity contribution in [2.45, 2.75) is 120 Å². The van der Waals surface area contributed by atoms with Gasteiger partial charge >= 0.3 is 5.97 Å². The van der Waals surface area contributed by atoms with Crippen LogP contribution >= 0.6 is 33.2 Å². The van der Waals surface area contributed by atoms with E-state index in [1.807, 2.05) is 63.2 Å². The van der Waals surface area contributed by atoms with E-state index in [0.717, 1.165) is 10.5 Å². The molecule has 3 aromatic rings. The van der Waals surface area contributed by atoms with Crippen LogP contribution < -0.4 is 47.9 Å². The SMILES string of the molecule is CNCCN(CCNC)CC(=O)N[C@@H](Cc1ccccc1)[C@H](O)N[C@@H](Cc1cnc[nH]1)C(=O)N[C@H]1CSSC[C@@H](C)NC(=O)[C@H](CC(C)C)NC(=O)[C@H](CC(=O)O)NC(=O)[C@H](Cc2ccc(O)c(Cl)c2)NC(=O)[C@@H]2CC(O)CN2C1=O. The van der Waals surface area contributed by atoms with Gasteiger partial charge in [-0.25, -0.2) is 4.98 Å². The summed E-state index contributed by atoms with van der Waals surface area (Å²) in [5, 5.41) is 68.7. The number of carbonyl (C=O) groups is 8. The van der Waals surface area contributed by atoms with Crippen LogP contribution in [0.15, 0.2) is 61.1 Å². The minimum atomic E-state index is -1.75. The third-order valence-electron chi connectivity index (χ3n) is 13.4. The van der Waals surface area contributed by atoms with Gasteiger partial charge in [-0.3, -0.25) is 48.6 Å². The average Bonchev–Trinajstić information content (AvgIpc) is 4.13. The predicted molar refractivity (Wildman–Crippen MR) is 306 cm³/mol. The minimum absolute atomic E-state index is 0.0134. The summed E-state index contributed by atoms with van der Waals surface area (Å²) in [5.41, 5.74) is 1.57. The molecule has 0 bridgehead atoms. The highest BCUT2D eigenvalue weighted by molar-refractivity contribution is 8.76. The number of nitrogens with zero attached hydrogens (tertiary/aromatic N) is 3. The van der Waals surface area contributed by atoms with Gasteiger partial charge in [0.15, 0.2) is 0 Å². The van der Waals surface area contributed by atoms with E-state index in [-0.39, 0.29) is 79.3 Å². The molecule has 2 fully saturated rings. The fraction of sp³-hybridized carbons (Fsp3) is 0.566. The summed E-state index contributed by atoms with van der Waals surface area (Å²) in [7, 11) is 6.04. The highest BCUT2D eigenvalue weighted by Gasteiger charge is 2.44. The number of phenols is 1. The maximum Gasteiger partial charge on any atom is 0.305 e. The van der Waals surface area contributed by atoms with E-state index in [1.54, 1.807) is 6.92 Å². The third kappa shape index (κ3) is 21.7. The first-order valence-electron chi connectivity index (χ1n) is 26.8. The van der Waals surface area contributed by atoms with E-state index in [9.17, 15) is 54.0 Å². The number of aliphatic carboxylic acids is 1. The van der Waals surface area contributed by atoms with E-state index in [4.69, 9.17) is 11.6 Å². The van der Waals surface area contributed by atoms with Crippen LogP contribution in [0, 0.1) is 5.92 Å². The lowest BCUT2D eigenvalue weighted by molar-refractivity contribution is -0.142. The Morgan fingerprint density at radius 2 is 1.52 bits per heavy atom. The Bertz CT molecular complexity index is 2550. The van der Waals surface area contributed by atoms with Gasteiger partial charge in [-0.05, 0) is 63.0 Å². The molecule has 28 heteroatoms. The van der Waals surface area contributed by atoms with E-state index in [1.165, 1.54) is 52.3 Å². The third-order valence-corrected chi connectivity index (χ3v) is 16.2. The van der Waals surface area contributed by atoms with Gasteiger partial charge in [0.1, 0.15) is 42.2 Å². The number of phenolic OH excluding ortho intramolecular Hbond substituents is 1. The van der Waals surface area contributed by atoms with Gasteiger partial charge < -0.3 is 72.8 Å². The van der Waals surface area contributed by atoms with Gasteiger partial charge in [-0.1, -0.05) is 83.4 Å². The number of aliphatic hydroxyl groups is 2. The summed E-state index contributed by atoms with van der Waals surface area (Å²) in [6.07, 6.45) is -1.24. The highest BCUT2D eigenvalue weighted by Crippen LogP contribution is 2.27. The highest BCUT2D eigenvalue weighted by atomic mass is 35.5. The number of carboxylic acid groups (broad SMARTS) is 1. The monoisotopic (exact) mass is 1190 g/mol. The molecule has 2 aromatic carbocycles. The zero-order valence-corrected chi connectivity index (χ0v) is 48.5. The Kier molecular flexibility index (Phi) is 26.9. The number of carbonyl (C=O) groups excluding carboxylic acids is 7. The number of hydrogen-bond donors (Lipinski definition) is 14. The average molecular weight is 1190 g/mol. The van der Waals surface area contributed by atoms with Crippen molar-refractivity contribution in [3.63, 3.8) is 0 Å². The maximum absolute atomic E-state index is 15.0. The fourth-order valence-electron chi connectivity index (χ4n) is 9.17.